The lowest BCUT2D eigenvalue weighted by Crippen LogP contribution is -2.00. The Morgan fingerprint density at radius 2 is 0.880 bits per heavy atom. The SMILES string of the molecule is c1ccc(-c2nc(-c3ccccc3)nc(-c3ccc(-n4c5ccccc5c5cc6c(cc54)Sc4ccccc4-c4ccccc4-6)cc3)n2)cc1. The highest BCUT2D eigenvalue weighted by atomic mass is 32.2. The molecule has 0 amide bonds. The predicted molar refractivity (Wildman–Crippen MR) is 205 cm³/mol. The summed E-state index contributed by atoms with van der Waals surface area (Å²) >= 11 is 1.85. The van der Waals surface area contributed by atoms with Crippen molar-refractivity contribution in [2.45, 2.75) is 9.79 Å². The van der Waals surface area contributed by atoms with E-state index in [2.05, 4.69) is 114 Å². The molecule has 234 valence electrons. The quantitative estimate of drug-likeness (QED) is 0.189. The van der Waals surface area contributed by atoms with Crippen LogP contribution in [0.25, 0.3) is 83.9 Å². The van der Waals surface area contributed by atoms with E-state index in [0.717, 1.165) is 22.4 Å². The number of fused-ring (bicyclic) bond motifs is 8. The Kier molecular flexibility index (Phi) is 6.71. The first-order valence-electron chi connectivity index (χ1n) is 16.7. The zero-order chi connectivity index (χ0) is 33.0. The zero-order valence-electron chi connectivity index (χ0n) is 26.9. The normalized spacial score (nSPS) is 11.9. The summed E-state index contributed by atoms with van der Waals surface area (Å²) in [6.45, 7) is 0. The lowest BCUT2D eigenvalue weighted by Gasteiger charge is -2.12. The van der Waals surface area contributed by atoms with Gasteiger partial charge in [-0.1, -0.05) is 133 Å². The molecule has 7 aromatic carbocycles. The van der Waals surface area contributed by atoms with E-state index >= 15 is 0 Å². The van der Waals surface area contributed by atoms with E-state index in [1.54, 1.807) is 0 Å². The number of hydrogen-bond acceptors (Lipinski definition) is 4. The van der Waals surface area contributed by atoms with Gasteiger partial charge in [0.2, 0.25) is 0 Å². The van der Waals surface area contributed by atoms with Crippen molar-refractivity contribution >= 4 is 33.6 Å². The molecule has 0 fully saturated rings. The lowest BCUT2D eigenvalue weighted by molar-refractivity contribution is 1.07. The van der Waals surface area contributed by atoms with Gasteiger partial charge in [-0.15, -0.1) is 0 Å². The summed E-state index contributed by atoms with van der Waals surface area (Å²) in [6.07, 6.45) is 0. The standard InChI is InChI=1S/C45H28N4S/c1-3-13-29(14-4-1)43-46-44(30-15-5-2-6-16-30)48-45(47-43)31-23-25-32(26-24-31)49-39-21-11-9-19-35(39)37-27-38-34-18-8-7-17-33(34)36-20-10-12-22-41(36)50-42(38)28-40(37)49/h1-28H. The van der Waals surface area contributed by atoms with Crippen LogP contribution in [0.3, 0.4) is 0 Å². The highest BCUT2D eigenvalue weighted by molar-refractivity contribution is 7.99. The van der Waals surface area contributed by atoms with Gasteiger partial charge in [-0.05, 0) is 70.8 Å². The van der Waals surface area contributed by atoms with Gasteiger partial charge in [0.15, 0.2) is 17.5 Å². The van der Waals surface area contributed by atoms with Crippen molar-refractivity contribution in [3.8, 4) is 62.1 Å². The van der Waals surface area contributed by atoms with E-state index in [4.69, 9.17) is 15.0 Å². The molecule has 0 spiro atoms. The van der Waals surface area contributed by atoms with E-state index in [1.807, 2.05) is 72.4 Å². The highest BCUT2D eigenvalue weighted by Gasteiger charge is 2.23. The minimum absolute atomic E-state index is 0.644. The monoisotopic (exact) mass is 656 g/mol. The summed E-state index contributed by atoms with van der Waals surface area (Å²) in [6, 6.07) is 59.8. The first kappa shape index (κ1) is 28.7. The van der Waals surface area contributed by atoms with Crippen molar-refractivity contribution in [3.05, 3.63) is 170 Å². The highest BCUT2D eigenvalue weighted by Crippen LogP contribution is 2.50. The molecular weight excluding hydrogens is 629 g/mol. The van der Waals surface area contributed by atoms with Crippen LogP contribution in [0.4, 0.5) is 0 Å². The van der Waals surface area contributed by atoms with Crippen LogP contribution in [0.5, 0.6) is 0 Å². The smallest absolute Gasteiger partial charge is 0.164 e. The Morgan fingerprint density at radius 1 is 0.360 bits per heavy atom. The summed E-state index contributed by atoms with van der Waals surface area (Å²) in [7, 11) is 0. The van der Waals surface area contributed by atoms with Crippen LogP contribution in [0.2, 0.25) is 0 Å². The Morgan fingerprint density at radius 3 is 1.54 bits per heavy atom. The van der Waals surface area contributed by atoms with Crippen LogP contribution < -0.4 is 0 Å². The van der Waals surface area contributed by atoms with Crippen molar-refractivity contribution in [1.29, 1.82) is 0 Å². The van der Waals surface area contributed by atoms with E-state index in [-0.39, 0.29) is 0 Å². The van der Waals surface area contributed by atoms with Crippen LogP contribution in [-0.4, -0.2) is 19.5 Å². The van der Waals surface area contributed by atoms with Gasteiger partial charge in [0.25, 0.3) is 0 Å². The van der Waals surface area contributed by atoms with Gasteiger partial charge >= 0.3 is 0 Å². The van der Waals surface area contributed by atoms with Gasteiger partial charge in [-0.25, -0.2) is 15.0 Å². The number of para-hydroxylation sites is 1. The first-order chi connectivity index (χ1) is 24.8. The second kappa shape index (κ2) is 11.7. The average molecular weight is 657 g/mol. The maximum Gasteiger partial charge on any atom is 0.164 e. The van der Waals surface area contributed by atoms with Crippen LogP contribution in [-0.2, 0) is 0 Å². The van der Waals surface area contributed by atoms with Crippen molar-refractivity contribution in [1.82, 2.24) is 19.5 Å². The molecule has 0 N–H and O–H groups in total. The second-order valence-corrected chi connectivity index (χ2v) is 13.5. The van der Waals surface area contributed by atoms with E-state index in [1.165, 1.54) is 53.9 Å². The first-order valence-corrected chi connectivity index (χ1v) is 17.5. The van der Waals surface area contributed by atoms with Crippen molar-refractivity contribution in [3.63, 3.8) is 0 Å². The molecule has 0 atom stereocenters. The fourth-order valence-corrected chi connectivity index (χ4v) is 8.24. The molecule has 3 heterocycles. The van der Waals surface area contributed by atoms with Gasteiger partial charge in [0, 0.05) is 42.9 Å². The molecule has 0 aliphatic carbocycles. The molecule has 2 aromatic heterocycles. The summed E-state index contributed by atoms with van der Waals surface area (Å²) in [5, 5.41) is 2.47. The minimum atomic E-state index is 0.644. The number of hydrogen-bond donors (Lipinski definition) is 0. The molecule has 50 heavy (non-hydrogen) atoms. The number of aromatic nitrogens is 4. The summed E-state index contributed by atoms with van der Waals surface area (Å²) in [5.41, 5.74) is 11.4. The van der Waals surface area contributed by atoms with Crippen LogP contribution in [0.1, 0.15) is 0 Å². The molecule has 9 aromatic rings. The van der Waals surface area contributed by atoms with Gasteiger partial charge in [0.1, 0.15) is 0 Å². The predicted octanol–water partition coefficient (Wildman–Crippen LogP) is 11.8. The second-order valence-electron chi connectivity index (χ2n) is 12.4. The number of rotatable bonds is 4. The number of nitrogens with zero attached hydrogens (tertiary/aromatic N) is 4. The molecule has 0 bridgehead atoms. The Balaban J connectivity index is 1.13. The third-order valence-corrected chi connectivity index (χ3v) is 10.6. The number of benzene rings is 7. The fraction of sp³-hybridized carbons (Fsp3) is 0. The van der Waals surface area contributed by atoms with Gasteiger partial charge in [-0.3, -0.25) is 0 Å². The largest absolute Gasteiger partial charge is 0.309 e. The molecule has 4 nitrogen and oxygen atoms in total. The van der Waals surface area contributed by atoms with Crippen molar-refractivity contribution in [2.75, 3.05) is 0 Å². The Labute approximate surface area is 293 Å². The molecule has 0 unspecified atom stereocenters. The van der Waals surface area contributed by atoms with E-state index in [0.29, 0.717) is 17.5 Å². The molecular formula is C45H28N4S. The lowest BCUT2D eigenvalue weighted by atomic mass is 9.94. The molecule has 5 heteroatoms. The van der Waals surface area contributed by atoms with Crippen LogP contribution in [0.15, 0.2) is 180 Å². The van der Waals surface area contributed by atoms with Crippen LogP contribution >= 0.6 is 11.8 Å². The molecule has 0 radical (unpaired) electrons. The molecule has 1 aliphatic rings. The zero-order valence-corrected chi connectivity index (χ0v) is 27.7. The summed E-state index contributed by atoms with van der Waals surface area (Å²) < 4.78 is 2.39. The van der Waals surface area contributed by atoms with Crippen LogP contribution in [0, 0.1) is 0 Å². The molecule has 0 saturated heterocycles. The third kappa shape index (κ3) is 4.74. The van der Waals surface area contributed by atoms with E-state index in [9.17, 15) is 0 Å². The Bertz CT molecular complexity index is 2660. The van der Waals surface area contributed by atoms with Gasteiger partial charge < -0.3 is 4.57 Å². The van der Waals surface area contributed by atoms with Crippen molar-refractivity contribution < 1.29 is 0 Å². The summed E-state index contributed by atoms with van der Waals surface area (Å²) in [4.78, 5) is 17.3. The Hall–Kier alpha value is -6.30. The fourth-order valence-electron chi connectivity index (χ4n) is 7.12. The summed E-state index contributed by atoms with van der Waals surface area (Å²) in [5.74, 6) is 1.95. The maximum absolute atomic E-state index is 4.95. The minimum Gasteiger partial charge on any atom is -0.309 e. The van der Waals surface area contributed by atoms with Gasteiger partial charge in [-0.2, -0.15) is 0 Å². The molecule has 10 rings (SSSR count). The van der Waals surface area contributed by atoms with Crippen molar-refractivity contribution in [2.24, 2.45) is 0 Å². The van der Waals surface area contributed by atoms with Gasteiger partial charge in [0.05, 0.1) is 11.0 Å². The maximum atomic E-state index is 4.95. The van der Waals surface area contributed by atoms with E-state index < -0.39 is 0 Å². The topological polar surface area (TPSA) is 43.6 Å². The molecule has 0 saturated carbocycles. The molecule has 1 aliphatic heterocycles. The average Bonchev–Trinajstić information content (AvgIpc) is 3.43. The third-order valence-electron chi connectivity index (χ3n) is 9.47.